The Morgan fingerprint density at radius 2 is 1.59 bits per heavy atom. The van der Waals surface area contributed by atoms with Crippen LogP contribution in [-0.4, -0.2) is 25.8 Å². The van der Waals surface area contributed by atoms with Gasteiger partial charge in [0.05, 0.1) is 10.6 Å². The molecule has 0 aliphatic rings. The van der Waals surface area contributed by atoms with E-state index in [0.717, 1.165) is 17.7 Å². The van der Waals surface area contributed by atoms with Gasteiger partial charge in [0, 0.05) is 11.4 Å². The number of sulfonamides is 1. The second kappa shape index (κ2) is 9.80. The van der Waals surface area contributed by atoms with E-state index in [9.17, 15) is 13.2 Å². The van der Waals surface area contributed by atoms with Crippen molar-refractivity contribution in [3.63, 3.8) is 0 Å². The van der Waals surface area contributed by atoms with Gasteiger partial charge in [0.2, 0.25) is 5.91 Å². The summed E-state index contributed by atoms with van der Waals surface area (Å²) >= 11 is 1.61. The second-order valence-corrected chi connectivity index (χ2v) is 9.57. The number of hydrogen-bond acceptors (Lipinski definition) is 4. The summed E-state index contributed by atoms with van der Waals surface area (Å²) in [6.45, 7) is 6.23. The number of aryl methyl sites for hydroxylation is 1. The van der Waals surface area contributed by atoms with Gasteiger partial charge in [0.1, 0.15) is 0 Å². The molecule has 0 aliphatic carbocycles. The first-order chi connectivity index (χ1) is 12.8. The summed E-state index contributed by atoms with van der Waals surface area (Å²) in [5.41, 5.74) is 2.08. The van der Waals surface area contributed by atoms with Crippen molar-refractivity contribution in [1.82, 2.24) is 0 Å². The molecule has 0 saturated carbocycles. The van der Waals surface area contributed by atoms with Crippen molar-refractivity contribution < 1.29 is 13.2 Å². The number of hydrogen-bond donors (Lipinski definition) is 2. The Labute approximate surface area is 166 Å². The van der Waals surface area contributed by atoms with E-state index in [1.807, 2.05) is 6.92 Å². The first-order valence-corrected chi connectivity index (χ1v) is 11.5. The zero-order valence-electron chi connectivity index (χ0n) is 15.9. The fourth-order valence-electron chi connectivity index (χ4n) is 2.23. The molecule has 0 atom stereocenters. The van der Waals surface area contributed by atoms with Crippen LogP contribution in [0.2, 0.25) is 0 Å². The molecule has 7 heteroatoms. The maximum absolute atomic E-state index is 12.4. The highest BCUT2D eigenvalue weighted by atomic mass is 32.2. The van der Waals surface area contributed by atoms with Gasteiger partial charge in [-0.2, -0.15) is 11.8 Å². The molecule has 0 fully saturated rings. The van der Waals surface area contributed by atoms with Crippen LogP contribution in [0.1, 0.15) is 25.8 Å². The van der Waals surface area contributed by atoms with Gasteiger partial charge in [-0.25, -0.2) is 8.42 Å². The molecule has 2 aromatic carbocycles. The molecule has 0 heterocycles. The lowest BCUT2D eigenvalue weighted by atomic mass is 10.2. The van der Waals surface area contributed by atoms with E-state index in [2.05, 4.69) is 23.9 Å². The Bertz CT molecular complexity index is 846. The van der Waals surface area contributed by atoms with Crippen molar-refractivity contribution in [2.75, 3.05) is 21.5 Å². The van der Waals surface area contributed by atoms with E-state index < -0.39 is 10.0 Å². The van der Waals surface area contributed by atoms with E-state index in [1.54, 1.807) is 60.3 Å². The molecule has 0 saturated heterocycles. The third-order valence-electron chi connectivity index (χ3n) is 3.82. The van der Waals surface area contributed by atoms with Crippen LogP contribution < -0.4 is 10.0 Å². The SMILES string of the molecule is Cc1ccc(S(=O)(=O)Nc2ccc(NC(=O)CSCCC(C)C)cc2)cc1. The van der Waals surface area contributed by atoms with E-state index in [-0.39, 0.29) is 10.8 Å². The van der Waals surface area contributed by atoms with Crippen molar-refractivity contribution in [3.8, 4) is 0 Å². The molecule has 0 radical (unpaired) electrons. The molecular weight excluding hydrogens is 380 g/mol. The molecular formula is C20H26N2O3S2. The zero-order chi connectivity index (χ0) is 19.9. The van der Waals surface area contributed by atoms with Gasteiger partial charge < -0.3 is 5.32 Å². The molecule has 2 rings (SSSR count). The number of nitrogens with one attached hydrogen (secondary N) is 2. The number of rotatable bonds is 9. The number of carbonyl (C=O) groups excluding carboxylic acids is 1. The standard InChI is InChI=1S/C20H26N2O3S2/c1-15(2)12-13-26-14-20(23)21-17-6-8-18(9-7-17)22-27(24,25)19-10-4-16(3)5-11-19/h4-11,15,22H,12-14H2,1-3H3,(H,21,23). The van der Waals surface area contributed by atoms with Crippen molar-refractivity contribution in [1.29, 1.82) is 0 Å². The van der Waals surface area contributed by atoms with Gasteiger partial charge in [-0.05, 0) is 61.4 Å². The summed E-state index contributed by atoms with van der Waals surface area (Å²) < 4.78 is 27.3. The van der Waals surface area contributed by atoms with Crippen LogP contribution >= 0.6 is 11.8 Å². The Hall–Kier alpha value is -1.99. The second-order valence-electron chi connectivity index (χ2n) is 6.78. The predicted molar refractivity (Wildman–Crippen MR) is 114 cm³/mol. The van der Waals surface area contributed by atoms with Gasteiger partial charge in [-0.15, -0.1) is 0 Å². The van der Waals surface area contributed by atoms with E-state index >= 15 is 0 Å². The van der Waals surface area contributed by atoms with E-state index in [0.29, 0.717) is 23.0 Å². The lowest BCUT2D eigenvalue weighted by Crippen LogP contribution is -2.15. The van der Waals surface area contributed by atoms with E-state index in [4.69, 9.17) is 0 Å². The fraction of sp³-hybridized carbons (Fsp3) is 0.350. The number of benzene rings is 2. The molecule has 0 spiro atoms. The van der Waals surface area contributed by atoms with Crippen LogP contribution in [0, 0.1) is 12.8 Å². The monoisotopic (exact) mass is 406 g/mol. The summed E-state index contributed by atoms with van der Waals surface area (Å²) in [5.74, 6) is 1.95. The number of anilines is 2. The van der Waals surface area contributed by atoms with Crippen molar-refractivity contribution in [3.05, 3.63) is 54.1 Å². The summed E-state index contributed by atoms with van der Waals surface area (Å²) in [4.78, 5) is 12.2. The normalized spacial score (nSPS) is 11.4. The first kappa shape index (κ1) is 21.3. The first-order valence-electron chi connectivity index (χ1n) is 8.83. The lowest BCUT2D eigenvalue weighted by molar-refractivity contribution is -0.113. The van der Waals surface area contributed by atoms with Crippen LogP contribution in [0.25, 0.3) is 0 Å². The van der Waals surface area contributed by atoms with Crippen LogP contribution in [0.4, 0.5) is 11.4 Å². The van der Waals surface area contributed by atoms with Crippen LogP contribution in [0.15, 0.2) is 53.4 Å². The molecule has 27 heavy (non-hydrogen) atoms. The molecule has 2 N–H and O–H groups in total. The minimum atomic E-state index is -3.63. The number of thioether (sulfide) groups is 1. The molecule has 5 nitrogen and oxygen atoms in total. The van der Waals surface area contributed by atoms with Gasteiger partial charge in [-0.1, -0.05) is 31.5 Å². The largest absolute Gasteiger partial charge is 0.325 e. The van der Waals surface area contributed by atoms with Crippen molar-refractivity contribution in [2.24, 2.45) is 5.92 Å². The van der Waals surface area contributed by atoms with Crippen LogP contribution in [-0.2, 0) is 14.8 Å². The Kier molecular flexibility index (Phi) is 7.74. The van der Waals surface area contributed by atoms with Gasteiger partial charge >= 0.3 is 0 Å². The Morgan fingerprint density at radius 1 is 1.00 bits per heavy atom. The maximum Gasteiger partial charge on any atom is 0.261 e. The minimum Gasteiger partial charge on any atom is -0.325 e. The molecule has 0 bridgehead atoms. The highest BCUT2D eigenvalue weighted by Gasteiger charge is 2.13. The lowest BCUT2D eigenvalue weighted by Gasteiger charge is -2.10. The van der Waals surface area contributed by atoms with Crippen LogP contribution in [0.5, 0.6) is 0 Å². The summed E-state index contributed by atoms with van der Waals surface area (Å²) in [6, 6.07) is 13.3. The van der Waals surface area contributed by atoms with Gasteiger partial charge in [0.15, 0.2) is 0 Å². The minimum absolute atomic E-state index is 0.0586. The van der Waals surface area contributed by atoms with Gasteiger partial charge in [0.25, 0.3) is 10.0 Å². The molecule has 2 aromatic rings. The Balaban J connectivity index is 1.89. The van der Waals surface area contributed by atoms with Crippen molar-refractivity contribution >= 4 is 39.1 Å². The molecule has 0 aromatic heterocycles. The molecule has 146 valence electrons. The number of amides is 1. The molecule has 0 aliphatic heterocycles. The van der Waals surface area contributed by atoms with Crippen molar-refractivity contribution in [2.45, 2.75) is 32.1 Å². The average Bonchev–Trinajstić information content (AvgIpc) is 2.60. The summed E-state index contributed by atoms with van der Waals surface area (Å²) in [5, 5.41) is 2.82. The summed E-state index contributed by atoms with van der Waals surface area (Å²) in [7, 11) is -3.63. The smallest absolute Gasteiger partial charge is 0.261 e. The molecule has 0 unspecified atom stereocenters. The van der Waals surface area contributed by atoms with Gasteiger partial charge in [-0.3, -0.25) is 9.52 Å². The zero-order valence-corrected chi connectivity index (χ0v) is 17.5. The fourth-order valence-corrected chi connectivity index (χ4v) is 4.33. The third-order valence-corrected chi connectivity index (χ3v) is 6.21. The average molecular weight is 407 g/mol. The third kappa shape index (κ3) is 7.27. The summed E-state index contributed by atoms with van der Waals surface area (Å²) in [6.07, 6.45) is 1.09. The molecule has 1 amide bonds. The van der Waals surface area contributed by atoms with Crippen LogP contribution in [0.3, 0.4) is 0 Å². The number of carbonyl (C=O) groups is 1. The quantitative estimate of drug-likeness (QED) is 0.601. The topological polar surface area (TPSA) is 75.3 Å². The maximum atomic E-state index is 12.4. The highest BCUT2D eigenvalue weighted by Crippen LogP contribution is 2.19. The van der Waals surface area contributed by atoms with E-state index in [1.165, 1.54) is 0 Å². The predicted octanol–water partition coefficient (Wildman–Crippen LogP) is 4.51. The Morgan fingerprint density at radius 3 is 2.19 bits per heavy atom. The highest BCUT2D eigenvalue weighted by molar-refractivity contribution is 7.99.